The van der Waals surface area contributed by atoms with Crippen LogP contribution in [0.4, 0.5) is 0 Å². The number of benzene rings is 1. The zero-order valence-corrected chi connectivity index (χ0v) is 15.2. The van der Waals surface area contributed by atoms with Crippen molar-refractivity contribution in [2.24, 2.45) is 0 Å². The lowest BCUT2D eigenvalue weighted by Gasteiger charge is -2.32. The molecular weight excluding hydrogens is 325 g/mol. The van der Waals surface area contributed by atoms with Crippen LogP contribution in [0.15, 0.2) is 24.3 Å². The number of carbonyl (C=O) groups is 1. The summed E-state index contributed by atoms with van der Waals surface area (Å²) in [4.78, 5) is 15.9. The summed E-state index contributed by atoms with van der Waals surface area (Å²) >= 11 is 1.18. The van der Waals surface area contributed by atoms with Crippen LogP contribution in [0.3, 0.4) is 0 Å². The van der Waals surface area contributed by atoms with E-state index in [2.05, 4.69) is 4.98 Å². The van der Waals surface area contributed by atoms with Gasteiger partial charge in [0.1, 0.15) is 9.88 Å². The summed E-state index contributed by atoms with van der Waals surface area (Å²) in [6.45, 7) is 9.77. The average molecular weight is 345 g/mol. The van der Waals surface area contributed by atoms with Crippen molar-refractivity contribution in [2.45, 2.75) is 45.8 Å². The lowest BCUT2D eigenvalue weighted by Crippen LogP contribution is -2.41. The first-order valence-electron chi connectivity index (χ1n) is 7.77. The Kier molecular flexibility index (Phi) is 4.06. The first kappa shape index (κ1) is 17.1. The maximum absolute atomic E-state index is 11.2. The zero-order valence-electron chi connectivity index (χ0n) is 14.4. The Bertz CT molecular complexity index is 784. The Morgan fingerprint density at radius 1 is 1.21 bits per heavy atom. The smallest absolute Gasteiger partial charge is 0.477 e. The van der Waals surface area contributed by atoms with Gasteiger partial charge in [-0.2, -0.15) is 0 Å². The number of aryl methyl sites for hydroxylation is 1. The van der Waals surface area contributed by atoms with E-state index in [-0.39, 0.29) is 4.88 Å². The van der Waals surface area contributed by atoms with Gasteiger partial charge in [-0.25, -0.2) is 9.78 Å². The van der Waals surface area contributed by atoms with E-state index in [1.807, 2.05) is 52.0 Å². The molecule has 0 aliphatic carbocycles. The largest absolute Gasteiger partial charge is 0.494 e. The SMILES string of the molecule is Cc1nc(-c2cccc(B3OC(C)(C)C(C)(C)O3)c2)sc1C(=O)O. The standard InChI is InChI=1S/C17H20BNO4S/c1-10-13(15(20)21)24-14(19-10)11-7-6-8-12(9-11)18-22-16(2,3)17(4,5)23-18/h6-9H,1-5H3,(H,20,21). The summed E-state index contributed by atoms with van der Waals surface area (Å²) in [6, 6.07) is 7.72. The van der Waals surface area contributed by atoms with E-state index < -0.39 is 24.3 Å². The molecule has 2 aromatic rings. The number of hydrogen-bond acceptors (Lipinski definition) is 5. The normalized spacial score (nSPS) is 18.8. The number of aromatic carboxylic acids is 1. The summed E-state index contributed by atoms with van der Waals surface area (Å²) in [5, 5.41) is 9.88. The van der Waals surface area contributed by atoms with Crippen LogP contribution >= 0.6 is 11.3 Å². The summed E-state index contributed by atoms with van der Waals surface area (Å²) in [6.07, 6.45) is 0. The first-order valence-corrected chi connectivity index (χ1v) is 8.59. The molecule has 0 atom stereocenters. The van der Waals surface area contributed by atoms with Crippen molar-refractivity contribution in [1.82, 2.24) is 4.98 Å². The minimum atomic E-state index is -0.946. The number of rotatable bonds is 3. The first-order chi connectivity index (χ1) is 11.1. The Hall–Kier alpha value is -1.70. The fourth-order valence-electron chi connectivity index (χ4n) is 2.52. The van der Waals surface area contributed by atoms with Gasteiger partial charge in [0.05, 0.1) is 16.9 Å². The monoisotopic (exact) mass is 345 g/mol. The molecule has 0 radical (unpaired) electrons. The third-order valence-electron chi connectivity index (χ3n) is 4.65. The van der Waals surface area contributed by atoms with Crippen LogP contribution in [0.1, 0.15) is 43.1 Å². The van der Waals surface area contributed by atoms with Gasteiger partial charge < -0.3 is 14.4 Å². The predicted octanol–water partition coefficient (Wildman–Crippen LogP) is 3.12. The average Bonchev–Trinajstić information content (AvgIpc) is 2.97. The lowest BCUT2D eigenvalue weighted by molar-refractivity contribution is 0.00578. The molecule has 1 N–H and O–H groups in total. The Labute approximate surface area is 145 Å². The van der Waals surface area contributed by atoms with Gasteiger partial charge in [0, 0.05) is 5.56 Å². The van der Waals surface area contributed by atoms with Gasteiger partial charge in [-0.15, -0.1) is 11.3 Å². The molecule has 1 saturated heterocycles. The van der Waals surface area contributed by atoms with E-state index in [1.54, 1.807) is 6.92 Å². The number of hydrogen-bond donors (Lipinski definition) is 1. The molecule has 0 amide bonds. The molecule has 7 heteroatoms. The minimum Gasteiger partial charge on any atom is -0.477 e. The summed E-state index contributed by atoms with van der Waals surface area (Å²) in [5.74, 6) is -0.946. The van der Waals surface area contributed by atoms with E-state index in [1.165, 1.54) is 11.3 Å². The van der Waals surface area contributed by atoms with Crippen LogP contribution in [-0.2, 0) is 9.31 Å². The van der Waals surface area contributed by atoms with Gasteiger partial charge in [0.2, 0.25) is 0 Å². The second kappa shape index (κ2) is 5.69. The summed E-state index contributed by atoms with van der Waals surface area (Å²) < 4.78 is 12.1. The van der Waals surface area contributed by atoms with Gasteiger partial charge in [-0.1, -0.05) is 24.3 Å². The second-order valence-corrected chi connectivity index (χ2v) is 7.95. The molecule has 1 aromatic carbocycles. The molecule has 3 rings (SSSR count). The van der Waals surface area contributed by atoms with E-state index in [0.29, 0.717) is 10.7 Å². The fourth-order valence-corrected chi connectivity index (χ4v) is 3.42. The highest BCUT2D eigenvalue weighted by Gasteiger charge is 2.51. The summed E-state index contributed by atoms with van der Waals surface area (Å²) in [5.41, 5.74) is 1.49. The molecule has 1 fully saturated rings. The molecule has 5 nitrogen and oxygen atoms in total. The number of carboxylic acids is 1. The van der Waals surface area contributed by atoms with Gasteiger partial charge in [0.25, 0.3) is 0 Å². The Morgan fingerprint density at radius 2 is 1.83 bits per heavy atom. The highest BCUT2D eigenvalue weighted by molar-refractivity contribution is 7.17. The maximum Gasteiger partial charge on any atom is 0.494 e. The highest BCUT2D eigenvalue weighted by atomic mass is 32.1. The van der Waals surface area contributed by atoms with E-state index in [0.717, 1.165) is 11.0 Å². The van der Waals surface area contributed by atoms with Crippen LogP contribution < -0.4 is 5.46 Å². The third-order valence-corrected chi connectivity index (χ3v) is 5.84. The number of aromatic nitrogens is 1. The van der Waals surface area contributed by atoms with Crippen molar-refractivity contribution < 1.29 is 19.2 Å². The number of carboxylic acid groups (broad SMARTS) is 1. The maximum atomic E-state index is 11.2. The molecule has 0 unspecified atom stereocenters. The summed E-state index contributed by atoms with van der Waals surface area (Å²) in [7, 11) is -0.449. The molecule has 0 saturated carbocycles. The highest BCUT2D eigenvalue weighted by Crippen LogP contribution is 2.37. The quantitative estimate of drug-likeness (QED) is 0.866. The Balaban J connectivity index is 1.94. The van der Waals surface area contributed by atoms with Gasteiger partial charge in [0.15, 0.2) is 0 Å². The van der Waals surface area contributed by atoms with Gasteiger partial charge in [-0.3, -0.25) is 0 Å². The predicted molar refractivity (Wildman–Crippen MR) is 95.0 cm³/mol. The van der Waals surface area contributed by atoms with Crippen LogP contribution in [0.5, 0.6) is 0 Å². The van der Waals surface area contributed by atoms with Crippen molar-refractivity contribution in [3.63, 3.8) is 0 Å². The molecule has 0 spiro atoms. The Morgan fingerprint density at radius 3 is 2.38 bits per heavy atom. The van der Waals surface area contributed by atoms with Crippen LogP contribution in [0.25, 0.3) is 10.6 Å². The van der Waals surface area contributed by atoms with Crippen LogP contribution in [0, 0.1) is 6.92 Å². The molecule has 24 heavy (non-hydrogen) atoms. The van der Waals surface area contributed by atoms with Gasteiger partial charge in [-0.05, 0) is 40.1 Å². The van der Waals surface area contributed by atoms with Crippen molar-refractivity contribution in [3.05, 3.63) is 34.8 Å². The van der Waals surface area contributed by atoms with E-state index in [9.17, 15) is 9.90 Å². The van der Waals surface area contributed by atoms with Crippen LogP contribution in [-0.4, -0.2) is 34.4 Å². The second-order valence-electron chi connectivity index (χ2n) is 6.95. The van der Waals surface area contributed by atoms with Crippen molar-refractivity contribution >= 4 is 29.9 Å². The number of thiazole rings is 1. The molecule has 1 aliphatic heterocycles. The van der Waals surface area contributed by atoms with E-state index in [4.69, 9.17) is 9.31 Å². The molecule has 0 bridgehead atoms. The third kappa shape index (κ3) is 2.87. The topological polar surface area (TPSA) is 68.7 Å². The molecule has 1 aromatic heterocycles. The zero-order chi connectivity index (χ0) is 17.7. The lowest BCUT2D eigenvalue weighted by atomic mass is 9.78. The molecular formula is C17H20BNO4S. The van der Waals surface area contributed by atoms with Gasteiger partial charge >= 0.3 is 13.1 Å². The molecule has 126 valence electrons. The number of nitrogens with zero attached hydrogens (tertiary/aromatic N) is 1. The van der Waals surface area contributed by atoms with Crippen molar-refractivity contribution in [3.8, 4) is 10.6 Å². The molecule has 2 heterocycles. The molecule has 1 aliphatic rings. The van der Waals surface area contributed by atoms with Crippen LogP contribution in [0.2, 0.25) is 0 Å². The minimum absolute atomic E-state index is 0.269. The van der Waals surface area contributed by atoms with E-state index >= 15 is 0 Å². The van der Waals surface area contributed by atoms with Crippen molar-refractivity contribution in [1.29, 1.82) is 0 Å². The fraction of sp³-hybridized carbons (Fsp3) is 0.412. The van der Waals surface area contributed by atoms with Crippen molar-refractivity contribution in [2.75, 3.05) is 0 Å².